The number of nitrogen functional groups attached to an aromatic ring is 1. The van der Waals surface area contributed by atoms with Crippen LogP contribution in [0.4, 0.5) is 5.69 Å². The van der Waals surface area contributed by atoms with E-state index in [1.165, 1.54) is 7.11 Å². The second-order valence-corrected chi connectivity index (χ2v) is 4.63. The number of aromatic nitrogens is 3. The normalized spacial score (nSPS) is 10.7. The summed E-state index contributed by atoms with van der Waals surface area (Å²) < 4.78 is 8.11. The van der Waals surface area contributed by atoms with E-state index in [1.807, 2.05) is 6.92 Å². The van der Waals surface area contributed by atoms with E-state index in [0.29, 0.717) is 22.9 Å². The molecule has 0 unspecified atom stereocenters. The maximum absolute atomic E-state index is 11.7. The highest BCUT2D eigenvalue weighted by molar-refractivity contribution is 6.31. The SMILES string of the molecule is COC(=O)c1cc(N)cn1Cc1c(Cl)c(C)nn1C. The van der Waals surface area contributed by atoms with Crippen LogP contribution in [0.3, 0.4) is 0 Å². The predicted molar refractivity (Wildman–Crippen MR) is 72.2 cm³/mol. The zero-order valence-corrected chi connectivity index (χ0v) is 11.7. The number of carbonyl (C=O) groups is 1. The number of esters is 1. The first-order chi connectivity index (χ1) is 8.93. The average Bonchev–Trinajstić information content (AvgIpc) is 2.84. The van der Waals surface area contributed by atoms with Crippen molar-refractivity contribution in [3.05, 3.63) is 34.4 Å². The van der Waals surface area contributed by atoms with Crippen molar-refractivity contribution in [3.63, 3.8) is 0 Å². The number of methoxy groups -OCH3 is 1. The molecule has 0 fully saturated rings. The molecule has 0 aliphatic rings. The Morgan fingerprint density at radius 3 is 2.79 bits per heavy atom. The predicted octanol–water partition coefficient (Wildman–Crippen LogP) is 1.60. The van der Waals surface area contributed by atoms with Gasteiger partial charge in [0.15, 0.2) is 0 Å². The highest BCUT2D eigenvalue weighted by atomic mass is 35.5. The summed E-state index contributed by atoms with van der Waals surface area (Å²) >= 11 is 6.19. The molecule has 0 aliphatic heterocycles. The zero-order chi connectivity index (χ0) is 14.2. The van der Waals surface area contributed by atoms with Crippen molar-refractivity contribution in [1.29, 1.82) is 0 Å². The molecule has 2 rings (SSSR count). The van der Waals surface area contributed by atoms with Crippen LogP contribution in [0.1, 0.15) is 21.9 Å². The van der Waals surface area contributed by atoms with Gasteiger partial charge in [-0.3, -0.25) is 4.68 Å². The summed E-state index contributed by atoms with van der Waals surface area (Å²) in [5.74, 6) is -0.438. The van der Waals surface area contributed by atoms with Crippen molar-refractivity contribution < 1.29 is 9.53 Å². The quantitative estimate of drug-likeness (QED) is 0.868. The third-order valence-electron chi connectivity index (χ3n) is 2.89. The molecule has 0 bridgehead atoms. The first-order valence-electron chi connectivity index (χ1n) is 5.66. The van der Waals surface area contributed by atoms with E-state index in [-0.39, 0.29) is 0 Å². The summed E-state index contributed by atoms with van der Waals surface area (Å²) in [6, 6.07) is 1.57. The summed E-state index contributed by atoms with van der Waals surface area (Å²) in [4.78, 5) is 11.7. The van der Waals surface area contributed by atoms with Gasteiger partial charge in [-0.05, 0) is 13.0 Å². The van der Waals surface area contributed by atoms with Gasteiger partial charge in [0.1, 0.15) is 5.69 Å². The average molecular weight is 283 g/mol. The Labute approximate surface area is 115 Å². The van der Waals surface area contributed by atoms with Gasteiger partial charge in [0.05, 0.1) is 35.8 Å². The van der Waals surface area contributed by atoms with Gasteiger partial charge < -0.3 is 15.0 Å². The lowest BCUT2D eigenvalue weighted by atomic mass is 10.3. The number of anilines is 1. The lowest BCUT2D eigenvalue weighted by molar-refractivity contribution is 0.0589. The molecule has 0 aliphatic carbocycles. The summed E-state index contributed by atoms with van der Waals surface area (Å²) in [5.41, 5.74) is 8.16. The molecule has 2 heterocycles. The van der Waals surface area contributed by atoms with E-state index >= 15 is 0 Å². The molecule has 0 saturated heterocycles. The molecular weight excluding hydrogens is 268 g/mol. The Balaban J connectivity index is 2.41. The number of rotatable bonds is 3. The molecule has 0 spiro atoms. The van der Waals surface area contributed by atoms with E-state index in [2.05, 4.69) is 5.10 Å². The first-order valence-corrected chi connectivity index (χ1v) is 6.03. The fraction of sp³-hybridized carbons (Fsp3) is 0.333. The smallest absolute Gasteiger partial charge is 0.354 e. The van der Waals surface area contributed by atoms with Crippen LogP contribution in [0.2, 0.25) is 5.02 Å². The largest absolute Gasteiger partial charge is 0.464 e. The van der Waals surface area contributed by atoms with Crippen molar-refractivity contribution in [2.24, 2.45) is 7.05 Å². The Morgan fingerprint density at radius 2 is 2.26 bits per heavy atom. The third-order valence-corrected chi connectivity index (χ3v) is 3.39. The van der Waals surface area contributed by atoms with Gasteiger partial charge in [0.25, 0.3) is 0 Å². The van der Waals surface area contributed by atoms with E-state index in [1.54, 1.807) is 28.6 Å². The lowest BCUT2D eigenvalue weighted by Gasteiger charge is -2.08. The Bertz CT molecular complexity index is 630. The zero-order valence-electron chi connectivity index (χ0n) is 11.0. The number of ether oxygens (including phenoxy) is 1. The summed E-state index contributed by atoms with van der Waals surface area (Å²) in [6.07, 6.45) is 1.67. The molecule has 0 saturated carbocycles. The van der Waals surface area contributed by atoms with Crippen molar-refractivity contribution >= 4 is 23.3 Å². The molecule has 0 aromatic carbocycles. The van der Waals surface area contributed by atoms with Crippen molar-refractivity contribution in [3.8, 4) is 0 Å². The van der Waals surface area contributed by atoms with Crippen LogP contribution in [0, 0.1) is 6.92 Å². The molecule has 2 aromatic rings. The van der Waals surface area contributed by atoms with Crippen LogP contribution >= 0.6 is 11.6 Å². The van der Waals surface area contributed by atoms with E-state index in [4.69, 9.17) is 22.1 Å². The van der Waals surface area contributed by atoms with Gasteiger partial charge >= 0.3 is 5.97 Å². The fourth-order valence-corrected chi connectivity index (χ4v) is 2.17. The van der Waals surface area contributed by atoms with Gasteiger partial charge in [-0.25, -0.2) is 4.79 Å². The Morgan fingerprint density at radius 1 is 1.58 bits per heavy atom. The summed E-state index contributed by atoms with van der Waals surface area (Å²) in [7, 11) is 3.13. The van der Waals surface area contributed by atoms with Gasteiger partial charge in [-0.1, -0.05) is 11.6 Å². The number of nitrogens with two attached hydrogens (primary N) is 1. The minimum atomic E-state index is -0.438. The van der Waals surface area contributed by atoms with Crippen molar-refractivity contribution in [2.75, 3.05) is 12.8 Å². The highest BCUT2D eigenvalue weighted by Gasteiger charge is 2.17. The number of hydrogen-bond donors (Lipinski definition) is 1. The van der Waals surface area contributed by atoms with Gasteiger partial charge in [0, 0.05) is 13.2 Å². The number of aryl methyl sites for hydroxylation is 2. The Kier molecular flexibility index (Phi) is 3.53. The molecule has 2 aromatic heterocycles. The highest BCUT2D eigenvalue weighted by Crippen LogP contribution is 2.22. The van der Waals surface area contributed by atoms with E-state index in [0.717, 1.165) is 11.4 Å². The van der Waals surface area contributed by atoms with Gasteiger partial charge in [0.2, 0.25) is 0 Å². The standard InChI is InChI=1S/C12H15ClN4O2/c1-7-11(13)10(16(2)15-7)6-17-5-8(14)4-9(17)12(18)19-3/h4-5H,6,14H2,1-3H3. The maximum Gasteiger partial charge on any atom is 0.354 e. The van der Waals surface area contributed by atoms with Crippen LogP contribution < -0.4 is 5.73 Å². The molecule has 0 atom stereocenters. The van der Waals surface area contributed by atoms with Crippen molar-refractivity contribution in [1.82, 2.24) is 14.3 Å². The topological polar surface area (TPSA) is 75.1 Å². The van der Waals surface area contributed by atoms with Crippen LogP contribution in [-0.2, 0) is 18.3 Å². The van der Waals surface area contributed by atoms with Gasteiger partial charge in [-0.15, -0.1) is 0 Å². The Hall–Kier alpha value is -1.95. The fourth-order valence-electron chi connectivity index (χ4n) is 1.95. The minimum Gasteiger partial charge on any atom is -0.464 e. The first kappa shape index (κ1) is 13.5. The van der Waals surface area contributed by atoms with Crippen molar-refractivity contribution in [2.45, 2.75) is 13.5 Å². The second kappa shape index (κ2) is 4.97. The number of carbonyl (C=O) groups excluding carboxylic acids is 1. The third kappa shape index (κ3) is 2.44. The van der Waals surface area contributed by atoms with Crippen LogP contribution in [0.25, 0.3) is 0 Å². The number of halogens is 1. The van der Waals surface area contributed by atoms with E-state index < -0.39 is 5.97 Å². The summed E-state index contributed by atoms with van der Waals surface area (Å²) in [6.45, 7) is 2.23. The molecule has 7 heteroatoms. The molecule has 0 radical (unpaired) electrons. The monoisotopic (exact) mass is 282 g/mol. The summed E-state index contributed by atoms with van der Waals surface area (Å²) in [5, 5.41) is 4.82. The minimum absolute atomic E-state index is 0.384. The molecular formula is C12H15ClN4O2. The van der Waals surface area contributed by atoms with E-state index in [9.17, 15) is 4.79 Å². The number of nitrogens with zero attached hydrogens (tertiary/aromatic N) is 3. The lowest BCUT2D eigenvalue weighted by Crippen LogP contribution is -2.12. The van der Waals surface area contributed by atoms with Crippen LogP contribution in [0.15, 0.2) is 12.3 Å². The molecule has 102 valence electrons. The molecule has 19 heavy (non-hydrogen) atoms. The molecule has 0 amide bonds. The molecule has 6 nitrogen and oxygen atoms in total. The van der Waals surface area contributed by atoms with Crippen LogP contribution in [-0.4, -0.2) is 27.4 Å². The van der Waals surface area contributed by atoms with Gasteiger partial charge in [-0.2, -0.15) is 5.10 Å². The number of hydrogen-bond acceptors (Lipinski definition) is 4. The second-order valence-electron chi connectivity index (χ2n) is 4.25. The molecule has 2 N–H and O–H groups in total. The maximum atomic E-state index is 11.7. The van der Waals surface area contributed by atoms with Crippen LogP contribution in [0.5, 0.6) is 0 Å².